The van der Waals surface area contributed by atoms with E-state index in [1.807, 2.05) is 0 Å². The number of nitrogens with zero attached hydrogens (tertiary/aromatic N) is 1. The lowest BCUT2D eigenvalue weighted by Gasteiger charge is -2.09. The Balaban J connectivity index is 3.54. The molecule has 0 aliphatic rings. The molecule has 0 aromatic rings. The quantitative estimate of drug-likeness (QED) is 0.536. The molecule has 4 nitrogen and oxygen atoms in total. The third kappa shape index (κ3) is 4.36. The van der Waals surface area contributed by atoms with Crippen molar-refractivity contribution in [3.63, 3.8) is 0 Å². The van der Waals surface area contributed by atoms with Crippen LogP contribution in [-0.4, -0.2) is 37.5 Å². The molecule has 63 valence electrons. The van der Waals surface area contributed by atoms with Crippen LogP contribution in [0.2, 0.25) is 0 Å². The SMILES string of the molecule is [CH2]CC(=O)OCC(=O)N(C)C. The van der Waals surface area contributed by atoms with E-state index in [0.717, 1.165) is 0 Å². The zero-order valence-corrected chi connectivity index (χ0v) is 6.79. The third-order valence-corrected chi connectivity index (χ3v) is 1.06. The van der Waals surface area contributed by atoms with E-state index < -0.39 is 5.97 Å². The summed E-state index contributed by atoms with van der Waals surface area (Å²) in [5.74, 6) is -0.688. The summed E-state index contributed by atoms with van der Waals surface area (Å²) in [5, 5.41) is 0. The van der Waals surface area contributed by atoms with Gasteiger partial charge in [-0.2, -0.15) is 0 Å². The van der Waals surface area contributed by atoms with E-state index in [4.69, 9.17) is 0 Å². The molecule has 0 saturated carbocycles. The Kier molecular flexibility index (Phi) is 4.26. The van der Waals surface area contributed by atoms with E-state index in [1.54, 1.807) is 14.1 Å². The number of carbonyl (C=O) groups is 2. The van der Waals surface area contributed by atoms with Crippen LogP contribution in [0.5, 0.6) is 0 Å². The fourth-order valence-electron chi connectivity index (χ4n) is 0.343. The van der Waals surface area contributed by atoms with Crippen molar-refractivity contribution in [2.24, 2.45) is 0 Å². The normalized spacial score (nSPS) is 9.00. The highest BCUT2D eigenvalue weighted by molar-refractivity contribution is 5.80. The first-order valence-corrected chi connectivity index (χ1v) is 3.23. The van der Waals surface area contributed by atoms with Gasteiger partial charge in [0.2, 0.25) is 0 Å². The van der Waals surface area contributed by atoms with E-state index in [2.05, 4.69) is 11.7 Å². The van der Waals surface area contributed by atoms with Crippen LogP contribution in [0.4, 0.5) is 0 Å². The van der Waals surface area contributed by atoms with Crippen LogP contribution in [0.15, 0.2) is 0 Å². The maximum atomic E-state index is 10.8. The molecule has 4 heteroatoms. The predicted molar refractivity (Wildman–Crippen MR) is 39.6 cm³/mol. The van der Waals surface area contributed by atoms with Gasteiger partial charge in [-0.25, -0.2) is 0 Å². The van der Waals surface area contributed by atoms with Crippen LogP contribution in [0, 0.1) is 6.92 Å². The van der Waals surface area contributed by atoms with Crippen molar-refractivity contribution in [3.8, 4) is 0 Å². The average molecular weight is 158 g/mol. The van der Waals surface area contributed by atoms with Gasteiger partial charge in [0.05, 0.1) is 0 Å². The molecule has 1 amide bonds. The molecule has 0 fully saturated rings. The number of rotatable bonds is 3. The van der Waals surface area contributed by atoms with E-state index in [0.29, 0.717) is 0 Å². The molecule has 1 radical (unpaired) electrons. The Bertz CT molecular complexity index is 154. The first kappa shape index (κ1) is 9.94. The van der Waals surface area contributed by atoms with Crippen molar-refractivity contribution < 1.29 is 14.3 Å². The fraction of sp³-hybridized carbons (Fsp3) is 0.571. The lowest BCUT2D eigenvalue weighted by molar-refractivity contribution is -0.150. The number of carbonyl (C=O) groups excluding carboxylic acids is 2. The molecule has 0 aliphatic heterocycles. The molecule has 0 bridgehead atoms. The lowest BCUT2D eigenvalue weighted by atomic mass is 10.5. The molecule has 0 aliphatic carbocycles. The topological polar surface area (TPSA) is 46.6 Å². The van der Waals surface area contributed by atoms with Gasteiger partial charge in [0.25, 0.3) is 5.91 Å². The molecule has 0 unspecified atom stereocenters. The summed E-state index contributed by atoms with van der Waals surface area (Å²) in [7, 11) is 3.20. The van der Waals surface area contributed by atoms with Gasteiger partial charge >= 0.3 is 5.97 Å². The molecule has 0 heterocycles. The van der Waals surface area contributed by atoms with Gasteiger partial charge in [-0.1, -0.05) is 0 Å². The van der Waals surface area contributed by atoms with Crippen LogP contribution in [0.3, 0.4) is 0 Å². The highest BCUT2D eigenvalue weighted by Gasteiger charge is 2.06. The van der Waals surface area contributed by atoms with Crippen LogP contribution in [-0.2, 0) is 14.3 Å². The van der Waals surface area contributed by atoms with Gasteiger partial charge in [-0.05, 0) is 6.92 Å². The number of ether oxygens (including phenoxy) is 1. The van der Waals surface area contributed by atoms with Crippen molar-refractivity contribution >= 4 is 11.9 Å². The molecular weight excluding hydrogens is 146 g/mol. The Morgan fingerprint density at radius 3 is 2.36 bits per heavy atom. The van der Waals surface area contributed by atoms with Gasteiger partial charge < -0.3 is 9.64 Å². The van der Waals surface area contributed by atoms with Crippen molar-refractivity contribution in [1.82, 2.24) is 4.90 Å². The standard InChI is InChI=1S/C7H12NO3/c1-4-7(10)11-5-6(9)8(2)3/h1,4-5H2,2-3H3. The van der Waals surface area contributed by atoms with Crippen molar-refractivity contribution in [3.05, 3.63) is 6.92 Å². The number of hydrogen-bond acceptors (Lipinski definition) is 3. The molecule has 0 N–H and O–H groups in total. The highest BCUT2D eigenvalue weighted by atomic mass is 16.5. The minimum absolute atomic E-state index is 0.0563. The second-order valence-corrected chi connectivity index (χ2v) is 2.20. The highest BCUT2D eigenvalue weighted by Crippen LogP contribution is 1.86. The average Bonchev–Trinajstić information content (AvgIpc) is 1.99. The van der Waals surface area contributed by atoms with Crippen molar-refractivity contribution in [1.29, 1.82) is 0 Å². The van der Waals surface area contributed by atoms with E-state index in [-0.39, 0.29) is 18.9 Å². The Labute approximate surface area is 66.1 Å². The van der Waals surface area contributed by atoms with E-state index in [1.165, 1.54) is 4.90 Å². The molecule has 0 aromatic heterocycles. The summed E-state index contributed by atoms with van der Waals surface area (Å²) in [6.07, 6.45) is 0.0563. The number of esters is 1. The maximum absolute atomic E-state index is 10.8. The van der Waals surface area contributed by atoms with Crippen LogP contribution < -0.4 is 0 Å². The summed E-state index contributed by atoms with van der Waals surface area (Å²) in [4.78, 5) is 22.6. The van der Waals surface area contributed by atoms with E-state index in [9.17, 15) is 9.59 Å². The van der Waals surface area contributed by atoms with Crippen LogP contribution in [0.25, 0.3) is 0 Å². The molecule has 0 aromatic carbocycles. The van der Waals surface area contributed by atoms with Crippen molar-refractivity contribution in [2.75, 3.05) is 20.7 Å². The van der Waals surface area contributed by atoms with Crippen LogP contribution in [0.1, 0.15) is 6.42 Å². The number of hydrogen-bond donors (Lipinski definition) is 0. The summed E-state index contributed by atoms with van der Waals surface area (Å²) in [6, 6.07) is 0. The van der Waals surface area contributed by atoms with E-state index >= 15 is 0 Å². The molecule has 0 rings (SSSR count). The fourth-order valence-corrected chi connectivity index (χ4v) is 0.343. The Morgan fingerprint density at radius 1 is 1.45 bits per heavy atom. The second kappa shape index (κ2) is 4.71. The van der Waals surface area contributed by atoms with Gasteiger partial charge in [0, 0.05) is 20.5 Å². The summed E-state index contributed by atoms with van der Waals surface area (Å²) in [6.45, 7) is 3.12. The monoisotopic (exact) mass is 158 g/mol. The second-order valence-electron chi connectivity index (χ2n) is 2.20. The molecule has 0 atom stereocenters. The van der Waals surface area contributed by atoms with Gasteiger partial charge in [-0.3, -0.25) is 9.59 Å². The number of amides is 1. The molecular formula is C7H12NO3. The summed E-state index contributed by atoms with van der Waals surface area (Å²) >= 11 is 0. The zero-order valence-electron chi connectivity index (χ0n) is 6.79. The largest absolute Gasteiger partial charge is 0.456 e. The first-order chi connectivity index (χ1) is 5.07. The smallest absolute Gasteiger partial charge is 0.306 e. The summed E-state index contributed by atoms with van der Waals surface area (Å²) < 4.78 is 4.52. The van der Waals surface area contributed by atoms with Crippen molar-refractivity contribution in [2.45, 2.75) is 6.42 Å². The minimum atomic E-state index is -0.458. The van der Waals surface area contributed by atoms with Crippen LogP contribution >= 0.6 is 0 Å². The Morgan fingerprint density at radius 2 is 2.00 bits per heavy atom. The van der Waals surface area contributed by atoms with Gasteiger partial charge in [-0.15, -0.1) is 0 Å². The third-order valence-electron chi connectivity index (χ3n) is 1.06. The lowest BCUT2D eigenvalue weighted by Crippen LogP contribution is -2.27. The summed E-state index contributed by atoms with van der Waals surface area (Å²) in [5.41, 5.74) is 0. The van der Waals surface area contributed by atoms with Gasteiger partial charge in [0.1, 0.15) is 0 Å². The van der Waals surface area contributed by atoms with Gasteiger partial charge in [0.15, 0.2) is 6.61 Å². The maximum Gasteiger partial charge on any atom is 0.306 e. The first-order valence-electron chi connectivity index (χ1n) is 3.23. The zero-order chi connectivity index (χ0) is 8.85. The predicted octanol–water partition coefficient (Wildman–Crippen LogP) is -0.158. The molecule has 0 spiro atoms. The minimum Gasteiger partial charge on any atom is -0.456 e. The molecule has 0 saturated heterocycles. The Hall–Kier alpha value is -1.06. The number of likely N-dealkylation sites (N-methyl/N-ethyl adjacent to an activating group) is 1. The molecule has 11 heavy (non-hydrogen) atoms.